The summed E-state index contributed by atoms with van der Waals surface area (Å²) in [5.41, 5.74) is -0.696. The lowest BCUT2D eigenvalue weighted by atomic mass is 10.1. The summed E-state index contributed by atoms with van der Waals surface area (Å²) in [6.45, 7) is -0.164. The Morgan fingerprint density at radius 3 is 2.52 bits per heavy atom. The fraction of sp³-hybridized carbons (Fsp3) is 0.538. The van der Waals surface area contributed by atoms with Gasteiger partial charge in [0.2, 0.25) is 0 Å². The van der Waals surface area contributed by atoms with Crippen LogP contribution in [0.1, 0.15) is 17.5 Å². The number of halogens is 3. The van der Waals surface area contributed by atoms with Crippen LogP contribution in [0.4, 0.5) is 18.9 Å². The summed E-state index contributed by atoms with van der Waals surface area (Å²) < 4.78 is 62.5. The Morgan fingerprint density at radius 1 is 1.19 bits per heavy atom. The zero-order valence-corrected chi connectivity index (χ0v) is 12.0. The van der Waals surface area contributed by atoms with Gasteiger partial charge in [0, 0.05) is 18.8 Å². The highest BCUT2D eigenvalue weighted by Gasteiger charge is 2.35. The minimum absolute atomic E-state index is 0.000422. The van der Waals surface area contributed by atoms with E-state index < -0.39 is 28.2 Å². The first kappa shape index (κ1) is 16.1. The Morgan fingerprint density at radius 2 is 1.90 bits per heavy atom. The van der Waals surface area contributed by atoms with Crippen molar-refractivity contribution in [2.75, 3.05) is 29.5 Å². The highest BCUT2D eigenvalue weighted by molar-refractivity contribution is 7.91. The van der Waals surface area contributed by atoms with Gasteiger partial charge in [-0.25, -0.2) is 8.42 Å². The zero-order valence-electron chi connectivity index (χ0n) is 11.2. The monoisotopic (exact) mass is 323 g/mol. The molecule has 1 aliphatic heterocycles. The number of alkyl halides is 3. The van der Waals surface area contributed by atoms with Gasteiger partial charge in [0.15, 0.2) is 9.84 Å². The number of sulfone groups is 1. The highest BCUT2D eigenvalue weighted by atomic mass is 32.2. The van der Waals surface area contributed by atoms with Crippen LogP contribution in [-0.2, 0) is 22.6 Å². The second kappa shape index (κ2) is 5.84. The Balaban J connectivity index is 2.39. The number of benzene rings is 1. The molecule has 1 aromatic carbocycles. The third-order valence-electron chi connectivity index (χ3n) is 3.45. The average molecular weight is 323 g/mol. The Bertz CT molecular complexity index is 614. The fourth-order valence-electron chi connectivity index (χ4n) is 2.36. The maximum atomic E-state index is 13.1. The van der Waals surface area contributed by atoms with E-state index >= 15 is 0 Å². The van der Waals surface area contributed by atoms with Gasteiger partial charge in [-0.05, 0) is 24.1 Å². The molecule has 0 bridgehead atoms. The largest absolute Gasteiger partial charge is 0.418 e. The molecular weight excluding hydrogens is 307 g/mol. The van der Waals surface area contributed by atoms with Crippen LogP contribution in [0.2, 0.25) is 0 Å². The molecule has 0 unspecified atom stereocenters. The van der Waals surface area contributed by atoms with E-state index in [1.807, 2.05) is 0 Å². The van der Waals surface area contributed by atoms with Gasteiger partial charge in [0.1, 0.15) is 0 Å². The quantitative estimate of drug-likeness (QED) is 0.902. The van der Waals surface area contributed by atoms with E-state index in [0.29, 0.717) is 6.42 Å². The highest BCUT2D eigenvalue weighted by Crippen LogP contribution is 2.37. The first-order valence-electron chi connectivity index (χ1n) is 6.49. The van der Waals surface area contributed by atoms with Gasteiger partial charge in [0.25, 0.3) is 0 Å². The van der Waals surface area contributed by atoms with Crippen LogP contribution >= 0.6 is 0 Å². The minimum Gasteiger partial charge on any atom is -0.392 e. The molecule has 1 aromatic rings. The molecule has 0 aromatic heterocycles. The molecular formula is C13H16F3NO3S. The predicted octanol–water partition coefficient (Wildman–Crippen LogP) is 1.82. The molecule has 1 heterocycles. The van der Waals surface area contributed by atoms with Crippen LogP contribution in [0.5, 0.6) is 0 Å². The van der Waals surface area contributed by atoms with Crippen LogP contribution in [0.3, 0.4) is 0 Å². The van der Waals surface area contributed by atoms with Crippen LogP contribution in [0.25, 0.3) is 0 Å². The third kappa shape index (κ3) is 3.88. The summed E-state index contributed by atoms with van der Waals surface area (Å²) in [5, 5.41) is 8.98. The van der Waals surface area contributed by atoms with Gasteiger partial charge in [-0.15, -0.1) is 0 Å². The smallest absolute Gasteiger partial charge is 0.392 e. The van der Waals surface area contributed by atoms with E-state index in [1.165, 1.54) is 17.0 Å². The first-order chi connectivity index (χ1) is 9.73. The number of hydrogen-bond acceptors (Lipinski definition) is 4. The molecule has 1 N–H and O–H groups in total. The summed E-state index contributed by atoms with van der Waals surface area (Å²) in [7, 11) is -3.18. The van der Waals surface area contributed by atoms with Crippen molar-refractivity contribution in [1.82, 2.24) is 0 Å². The number of anilines is 1. The molecule has 0 atom stereocenters. The molecule has 2 rings (SSSR count). The molecule has 21 heavy (non-hydrogen) atoms. The van der Waals surface area contributed by atoms with E-state index in [1.54, 1.807) is 0 Å². The van der Waals surface area contributed by atoms with Gasteiger partial charge in [-0.1, -0.05) is 6.07 Å². The molecule has 1 fully saturated rings. The van der Waals surface area contributed by atoms with E-state index in [2.05, 4.69) is 0 Å². The average Bonchev–Trinajstić information content (AvgIpc) is 2.58. The van der Waals surface area contributed by atoms with Gasteiger partial charge in [-0.2, -0.15) is 13.2 Å². The number of aliphatic hydroxyl groups is 1. The minimum atomic E-state index is -4.55. The van der Waals surface area contributed by atoms with Crippen molar-refractivity contribution in [3.05, 3.63) is 29.3 Å². The van der Waals surface area contributed by atoms with Crippen molar-refractivity contribution in [1.29, 1.82) is 0 Å². The Labute approximate surface area is 121 Å². The van der Waals surface area contributed by atoms with Crippen molar-refractivity contribution in [3.63, 3.8) is 0 Å². The lowest BCUT2D eigenvalue weighted by Gasteiger charge is -2.26. The van der Waals surface area contributed by atoms with Crippen LogP contribution in [-0.4, -0.2) is 38.1 Å². The Kier molecular flexibility index (Phi) is 4.48. The lowest BCUT2D eigenvalue weighted by Crippen LogP contribution is -2.29. The van der Waals surface area contributed by atoms with Crippen LogP contribution < -0.4 is 4.90 Å². The molecule has 0 aliphatic carbocycles. The number of rotatable bonds is 2. The van der Waals surface area contributed by atoms with E-state index in [4.69, 9.17) is 5.11 Å². The molecule has 0 spiro atoms. The second-order valence-electron chi connectivity index (χ2n) is 5.00. The van der Waals surface area contributed by atoms with E-state index in [-0.39, 0.29) is 35.8 Å². The van der Waals surface area contributed by atoms with Crippen molar-refractivity contribution < 1.29 is 26.7 Å². The van der Waals surface area contributed by atoms with Gasteiger partial charge in [-0.3, -0.25) is 0 Å². The molecule has 8 heteroatoms. The van der Waals surface area contributed by atoms with Gasteiger partial charge >= 0.3 is 6.18 Å². The van der Waals surface area contributed by atoms with E-state index in [0.717, 1.165) is 6.07 Å². The van der Waals surface area contributed by atoms with Crippen molar-refractivity contribution in [2.24, 2.45) is 0 Å². The van der Waals surface area contributed by atoms with Crippen LogP contribution in [0, 0.1) is 0 Å². The predicted molar refractivity (Wildman–Crippen MR) is 72.9 cm³/mol. The van der Waals surface area contributed by atoms with E-state index in [9.17, 15) is 21.6 Å². The molecule has 1 aliphatic rings. The first-order valence-corrected chi connectivity index (χ1v) is 8.31. The molecule has 1 saturated heterocycles. The normalized spacial score (nSPS) is 19.3. The fourth-order valence-corrected chi connectivity index (χ4v) is 3.64. The zero-order chi connectivity index (χ0) is 15.7. The topological polar surface area (TPSA) is 57.6 Å². The molecule has 118 valence electrons. The second-order valence-corrected chi connectivity index (χ2v) is 7.30. The van der Waals surface area contributed by atoms with Gasteiger partial charge in [0.05, 0.1) is 23.7 Å². The molecule has 0 amide bonds. The third-order valence-corrected chi connectivity index (χ3v) is 5.16. The standard InChI is InChI=1S/C13H16F3NO3S/c14-13(15,16)11-8-10(9-18)2-3-12(11)17-4-1-6-21(19,20)7-5-17/h2-3,8,18H,1,4-7,9H2. The summed E-state index contributed by atoms with van der Waals surface area (Å²) in [6.07, 6.45) is -4.24. The number of nitrogens with zero attached hydrogens (tertiary/aromatic N) is 1. The number of hydrogen-bond donors (Lipinski definition) is 1. The summed E-state index contributed by atoms with van der Waals surface area (Å²) >= 11 is 0. The van der Waals surface area contributed by atoms with Crippen molar-refractivity contribution in [3.8, 4) is 0 Å². The number of aliphatic hydroxyl groups excluding tert-OH is 1. The summed E-state index contributed by atoms with van der Waals surface area (Å²) in [4.78, 5) is 1.45. The Hall–Kier alpha value is -1.28. The molecule has 0 radical (unpaired) electrons. The molecule has 4 nitrogen and oxygen atoms in total. The van der Waals surface area contributed by atoms with Crippen molar-refractivity contribution in [2.45, 2.75) is 19.2 Å². The maximum absolute atomic E-state index is 13.1. The van der Waals surface area contributed by atoms with Crippen molar-refractivity contribution >= 4 is 15.5 Å². The SMILES string of the molecule is O=S1(=O)CCCN(c2ccc(CO)cc2C(F)(F)F)CC1. The lowest BCUT2D eigenvalue weighted by molar-refractivity contribution is -0.137. The maximum Gasteiger partial charge on any atom is 0.418 e. The van der Waals surface area contributed by atoms with Gasteiger partial charge < -0.3 is 10.0 Å². The van der Waals surface area contributed by atoms with Crippen LogP contribution in [0.15, 0.2) is 18.2 Å². The molecule has 0 saturated carbocycles. The summed E-state index contributed by atoms with van der Waals surface area (Å²) in [6, 6.07) is 3.63. The summed E-state index contributed by atoms with van der Waals surface area (Å²) in [5.74, 6) is -0.147.